The smallest absolute Gasteiger partial charge is 0.252 e. The number of morpholine rings is 1. The van der Waals surface area contributed by atoms with Crippen molar-refractivity contribution in [3.8, 4) is 0 Å². The molecule has 212 valence electrons. The van der Waals surface area contributed by atoms with Gasteiger partial charge in [0.05, 0.1) is 25.8 Å². The molecule has 3 heterocycles. The zero-order valence-electron chi connectivity index (χ0n) is 23.5. The van der Waals surface area contributed by atoms with E-state index in [4.69, 9.17) is 4.74 Å². The summed E-state index contributed by atoms with van der Waals surface area (Å²) in [4.78, 5) is 20.9. The number of halogens is 1. The van der Waals surface area contributed by atoms with Crippen molar-refractivity contribution in [3.63, 3.8) is 0 Å². The number of fused-ring (bicyclic) bond motifs is 1. The largest absolute Gasteiger partial charge is 0.379 e. The molecule has 10 heteroatoms. The van der Waals surface area contributed by atoms with Gasteiger partial charge in [0.1, 0.15) is 5.82 Å². The van der Waals surface area contributed by atoms with E-state index in [1.807, 2.05) is 22.9 Å². The van der Waals surface area contributed by atoms with Crippen LogP contribution in [0.5, 0.6) is 0 Å². The van der Waals surface area contributed by atoms with Crippen LogP contribution in [-0.2, 0) is 30.8 Å². The third-order valence-electron chi connectivity index (χ3n) is 7.65. The molecule has 40 heavy (non-hydrogen) atoms. The van der Waals surface area contributed by atoms with Crippen molar-refractivity contribution < 1.29 is 9.13 Å². The molecule has 1 aliphatic rings. The molecule has 1 atom stereocenters. The number of aromatic amines is 1. The Labute approximate surface area is 233 Å². The minimum absolute atomic E-state index is 0.115. The lowest BCUT2D eigenvalue weighted by molar-refractivity contribution is 0.0353. The standard InChI is InChI=1S/C30H38FN7O2/c1-4-22-7-10-27-24(17-22)18-25(30(39)32-27)20-37(19-23-5-8-26(31)9-6-23)28(21(2)3)29-33-34-35-38(29)12-11-36-13-15-40-16-14-36/h5-10,17-18,21,28H,4,11-16,19-20H2,1-3H3,(H,32,39)/t28-/m1/s1. The second kappa shape index (κ2) is 12.8. The average molecular weight is 548 g/mol. The number of nitrogens with one attached hydrogen (secondary N) is 1. The third kappa shape index (κ3) is 6.63. The predicted octanol–water partition coefficient (Wildman–Crippen LogP) is 3.95. The summed E-state index contributed by atoms with van der Waals surface area (Å²) in [6.45, 7) is 12.0. The van der Waals surface area contributed by atoms with Gasteiger partial charge in [-0.2, -0.15) is 0 Å². The van der Waals surface area contributed by atoms with E-state index in [0.29, 0.717) is 25.2 Å². The summed E-state index contributed by atoms with van der Waals surface area (Å²) in [5.41, 5.74) is 3.54. The van der Waals surface area contributed by atoms with Gasteiger partial charge in [-0.3, -0.25) is 14.6 Å². The minimum atomic E-state index is -0.277. The van der Waals surface area contributed by atoms with Crippen molar-refractivity contribution in [2.24, 2.45) is 5.92 Å². The van der Waals surface area contributed by atoms with Crippen LogP contribution in [0.4, 0.5) is 4.39 Å². The second-order valence-electron chi connectivity index (χ2n) is 10.8. The molecule has 0 amide bonds. The molecule has 0 radical (unpaired) electrons. The zero-order valence-corrected chi connectivity index (χ0v) is 23.5. The maximum Gasteiger partial charge on any atom is 0.252 e. The van der Waals surface area contributed by atoms with E-state index >= 15 is 0 Å². The molecule has 2 aromatic heterocycles. The van der Waals surface area contributed by atoms with Crippen LogP contribution in [-0.4, -0.2) is 67.8 Å². The van der Waals surface area contributed by atoms with Gasteiger partial charge in [0.15, 0.2) is 5.82 Å². The molecule has 0 spiro atoms. The maximum atomic E-state index is 13.7. The topological polar surface area (TPSA) is 92.2 Å². The molecule has 1 saturated heterocycles. The van der Waals surface area contributed by atoms with Crippen molar-refractivity contribution >= 4 is 10.9 Å². The highest BCUT2D eigenvalue weighted by Crippen LogP contribution is 2.30. The van der Waals surface area contributed by atoms with Crippen LogP contribution in [0.25, 0.3) is 10.9 Å². The molecule has 0 bridgehead atoms. The van der Waals surface area contributed by atoms with E-state index in [0.717, 1.165) is 61.6 Å². The molecule has 1 aliphatic heterocycles. The van der Waals surface area contributed by atoms with Crippen molar-refractivity contribution in [3.05, 3.63) is 87.2 Å². The molecular formula is C30H38FN7O2. The summed E-state index contributed by atoms with van der Waals surface area (Å²) in [7, 11) is 0. The maximum absolute atomic E-state index is 13.7. The molecule has 0 saturated carbocycles. The highest BCUT2D eigenvalue weighted by molar-refractivity contribution is 5.79. The number of pyridine rings is 1. The Morgan fingerprint density at radius 3 is 2.50 bits per heavy atom. The highest BCUT2D eigenvalue weighted by atomic mass is 19.1. The predicted molar refractivity (Wildman–Crippen MR) is 152 cm³/mol. The normalized spacial score (nSPS) is 15.3. The first-order chi connectivity index (χ1) is 19.4. The van der Waals surface area contributed by atoms with E-state index in [9.17, 15) is 9.18 Å². The van der Waals surface area contributed by atoms with Crippen molar-refractivity contribution in [1.29, 1.82) is 0 Å². The number of aromatic nitrogens is 5. The van der Waals surface area contributed by atoms with E-state index in [-0.39, 0.29) is 23.3 Å². The number of hydrogen-bond donors (Lipinski definition) is 1. The Balaban J connectivity index is 1.49. The lowest BCUT2D eigenvalue weighted by Crippen LogP contribution is -2.39. The van der Waals surface area contributed by atoms with Gasteiger partial charge in [0, 0.05) is 43.8 Å². The highest BCUT2D eigenvalue weighted by Gasteiger charge is 2.30. The second-order valence-corrected chi connectivity index (χ2v) is 10.8. The fourth-order valence-corrected chi connectivity index (χ4v) is 5.46. The van der Waals surface area contributed by atoms with Crippen LogP contribution in [0.1, 0.15) is 49.3 Å². The summed E-state index contributed by atoms with van der Waals surface area (Å²) < 4.78 is 21.1. The van der Waals surface area contributed by atoms with Crippen LogP contribution in [0.2, 0.25) is 0 Å². The van der Waals surface area contributed by atoms with Crippen LogP contribution in [0.3, 0.4) is 0 Å². The number of aryl methyl sites for hydroxylation is 1. The first kappa shape index (κ1) is 28.1. The Morgan fingerprint density at radius 2 is 1.77 bits per heavy atom. The van der Waals surface area contributed by atoms with E-state index < -0.39 is 0 Å². The first-order valence-electron chi connectivity index (χ1n) is 14.1. The molecule has 1 fully saturated rings. The monoisotopic (exact) mass is 547 g/mol. The van der Waals surface area contributed by atoms with Gasteiger partial charge in [0.2, 0.25) is 0 Å². The number of ether oxygens (including phenoxy) is 1. The van der Waals surface area contributed by atoms with Gasteiger partial charge in [-0.25, -0.2) is 9.07 Å². The number of tetrazole rings is 1. The van der Waals surface area contributed by atoms with Gasteiger partial charge >= 0.3 is 0 Å². The first-order valence-corrected chi connectivity index (χ1v) is 14.1. The van der Waals surface area contributed by atoms with Gasteiger partial charge in [0.25, 0.3) is 5.56 Å². The van der Waals surface area contributed by atoms with E-state index in [1.165, 1.54) is 17.7 Å². The molecule has 9 nitrogen and oxygen atoms in total. The molecule has 0 unspecified atom stereocenters. The number of benzene rings is 2. The van der Waals surface area contributed by atoms with Gasteiger partial charge < -0.3 is 9.72 Å². The molecule has 2 aromatic carbocycles. The summed E-state index contributed by atoms with van der Waals surface area (Å²) in [5.74, 6) is 0.621. The lowest BCUT2D eigenvalue weighted by atomic mass is 9.99. The summed E-state index contributed by atoms with van der Waals surface area (Å²) in [6, 6.07) is 14.5. The Kier molecular flexibility index (Phi) is 8.98. The quantitative estimate of drug-likeness (QED) is 0.304. The van der Waals surface area contributed by atoms with E-state index in [2.05, 4.69) is 57.1 Å². The lowest BCUT2D eigenvalue weighted by Gasteiger charge is -2.34. The summed E-state index contributed by atoms with van der Waals surface area (Å²) in [5, 5.41) is 13.9. The fraction of sp³-hybridized carbons (Fsp3) is 0.467. The number of hydrogen-bond acceptors (Lipinski definition) is 7. The van der Waals surface area contributed by atoms with Crippen molar-refractivity contribution in [1.82, 2.24) is 35.0 Å². The Bertz CT molecular complexity index is 1460. The minimum Gasteiger partial charge on any atom is -0.379 e. The van der Waals surface area contributed by atoms with Crippen molar-refractivity contribution in [2.45, 2.75) is 52.9 Å². The molecule has 0 aliphatic carbocycles. The fourth-order valence-electron chi connectivity index (χ4n) is 5.46. The number of rotatable bonds is 11. The van der Waals surface area contributed by atoms with E-state index in [1.54, 1.807) is 12.1 Å². The van der Waals surface area contributed by atoms with Gasteiger partial charge in [-0.15, -0.1) is 5.10 Å². The molecule has 1 N–H and O–H groups in total. The van der Waals surface area contributed by atoms with Crippen molar-refractivity contribution in [2.75, 3.05) is 32.8 Å². The van der Waals surface area contributed by atoms with Crippen LogP contribution >= 0.6 is 0 Å². The molecular weight excluding hydrogens is 509 g/mol. The Hall–Kier alpha value is -3.47. The van der Waals surface area contributed by atoms with Gasteiger partial charge in [-0.05, 0) is 69.6 Å². The van der Waals surface area contributed by atoms with Gasteiger partial charge in [-0.1, -0.05) is 39.0 Å². The summed E-state index contributed by atoms with van der Waals surface area (Å²) >= 11 is 0. The zero-order chi connectivity index (χ0) is 28.1. The van der Waals surface area contributed by atoms with Crippen LogP contribution in [0, 0.1) is 11.7 Å². The third-order valence-corrected chi connectivity index (χ3v) is 7.65. The van der Waals surface area contributed by atoms with Crippen LogP contribution in [0.15, 0.2) is 53.3 Å². The molecule has 4 aromatic rings. The average Bonchev–Trinajstić information content (AvgIpc) is 3.41. The number of nitrogens with zero attached hydrogens (tertiary/aromatic N) is 6. The SMILES string of the molecule is CCc1ccc2[nH]c(=O)c(CN(Cc3ccc(F)cc3)[C@@H](c3nnnn3CCN3CCOCC3)C(C)C)cc2c1. The van der Waals surface area contributed by atoms with Crippen LogP contribution < -0.4 is 5.56 Å². The number of H-pyrrole nitrogens is 1. The summed E-state index contributed by atoms with van der Waals surface area (Å²) in [6.07, 6.45) is 0.920. The molecule has 5 rings (SSSR count). The Morgan fingerprint density at radius 1 is 1.02 bits per heavy atom.